The number of aryl methyl sites for hydroxylation is 2. The van der Waals surface area contributed by atoms with Gasteiger partial charge in [0.1, 0.15) is 5.69 Å². The number of benzene rings is 1. The minimum absolute atomic E-state index is 0.0243. The summed E-state index contributed by atoms with van der Waals surface area (Å²) in [5.74, 6) is -0.175. The van der Waals surface area contributed by atoms with Gasteiger partial charge in [0.25, 0.3) is 0 Å². The van der Waals surface area contributed by atoms with Crippen LogP contribution in [0.3, 0.4) is 0 Å². The summed E-state index contributed by atoms with van der Waals surface area (Å²) in [6.45, 7) is 13.4. The second kappa shape index (κ2) is 9.96. The van der Waals surface area contributed by atoms with Crippen molar-refractivity contribution >= 4 is 35.1 Å². The van der Waals surface area contributed by atoms with Gasteiger partial charge in [-0.25, -0.2) is 4.79 Å². The molecule has 6 nitrogen and oxygen atoms in total. The van der Waals surface area contributed by atoms with Crippen LogP contribution in [0.1, 0.15) is 50.2 Å². The second-order valence-electron chi connectivity index (χ2n) is 8.16. The molecule has 166 valence electrons. The van der Waals surface area contributed by atoms with Crippen LogP contribution in [0, 0.1) is 6.92 Å². The Labute approximate surface area is 189 Å². The first-order chi connectivity index (χ1) is 14.5. The lowest BCUT2D eigenvalue weighted by Crippen LogP contribution is -2.18. The molecule has 0 bridgehead atoms. The fourth-order valence-corrected chi connectivity index (χ4v) is 3.32. The van der Waals surface area contributed by atoms with Crippen molar-refractivity contribution in [3.63, 3.8) is 0 Å². The number of esters is 1. The first-order valence-electron chi connectivity index (χ1n) is 9.96. The zero-order chi connectivity index (χ0) is 23.3. The van der Waals surface area contributed by atoms with Gasteiger partial charge in [-0.3, -0.25) is 9.67 Å². The summed E-state index contributed by atoms with van der Waals surface area (Å²) in [6.07, 6.45) is 1.90. The third kappa shape index (κ3) is 5.85. The molecule has 1 aromatic carbocycles. The number of aliphatic imine (C=N–C) groups is 1. The number of carbonyl (C=O) groups excluding carboxylic acids is 1. The van der Waals surface area contributed by atoms with Crippen molar-refractivity contribution in [3.8, 4) is 0 Å². The lowest BCUT2D eigenvalue weighted by atomic mass is 9.86. The second-order valence-corrected chi connectivity index (χ2v) is 8.53. The maximum absolute atomic E-state index is 11.7. The molecule has 31 heavy (non-hydrogen) atoms. The maximum atomic E-state index is 11.7. The summed E-state index contributed by atoms with van der Waals surface area (Å²) < 4.78 is 13.0. The number of allylic oxidation sites excluding steroid dienone is 1. The highest BCUT2D eigenvalue weighted by atomic mass is 35.5. The van der Waals surface area contributed by atoms with Gasteiger partial charge in [0, 0.05) is 38.9 Å². The number of carbonyl (C=O) groups is 1. The van der Waals surface area contributed by atoms with Crippen LogP contribution in [0.25, 0.3) is 11.3 Å². The number of rotatable bonds is 7. The summed E-state index contributed by atoms with van der Waals surface area (Å²) in [5.41, 5.74) is 4.02. The molecule has 0 N–H and O–H groups in total. The Morgan fingerprint density at radius 3 is 2.32 bits per heavy atom. The SMILES string of the molecule is C=CC(=O)OC(C)O/C(=C(/C=NC)c1ccc(C(C)(C)C)cc1)c1c(Cl)c(C)nn1C. The molecule has 0 saturated carbocycles. The molecule has 0 amide bonds. The van der Waals surface area contributed by atoms with E-state index in [1.165, 1.54) is 5.56 Å². The molecule has 0 aliphatic carbocycles. The molecule has 0 aliphatic heterocycles. The zero-order valence-electron chi connectivity index (χ0n) is 19.2. The van der Waals surface area contributed by atoms with E-state index in [2.05, 4.69) is 49.6 Å². The Morgan fingerprint density at radius 1 is 1.26 bits per heavy atom. The molecule has 0 saturated heterocycles. The van der Waals surface area contributed by atoms with Crippen molar-refractivity contribution in [2.24, 2.45) is 12.0 Å². The van der Waals surface area contributed by atoms with Gasteiger partial charge >= 0.3 is 5.97 Å². The third-order valence-corrected chi connectivity index (χ3v) is 5.11. The van der Waals surface area contributed by atoms with Crippen LogP contribution in [0.2, 0.25) is 5.02 Å². The molecule has 0 spiro atoms. The zero-order valence-corrected chi connectivity index (χ0v) is 19.9. The summed E-state index contributed by atoms with van der Waals surface area (Å²) in [6, 6.07) is 8.18. The standard InChI is InChI=1S/C24H30ClN3O3/c1-9-20(29)30-16(3)31-23(22-21(25)15(2)27-28(22)8)19(14-26-7)17-10-12-18(13-11-17)24(4,5)6/h9-14,16H,1H2,2-8H3/b23-19-,26-14?. The molecule has 1 aromatic heterocycles. The Kier molecular flexibility index (Phi) is 7.85. The number of hydrogen-bond donors (Lipinski definition) is 0. The largest absolute Gasteiger partial charge is 0.452 e. The maximum Gasteiger partial charge on any atom is 0.333 e. The van der Waals surface area contributed by atoms with E-state index in [0.29, 0.717) is 27.7 Å². The molecular formula is C24H30ClN3O3. The van der Waals surface area contributed by atoms with Gasteiger partial charge in [-0.05, 0) is 23.5 Å². The highest BCUT2D eigenvalue weighted by molar-refractivity contribution is 6.33. The average Bonchev–Trinajstić information content (AvgIpc) is 2.95. The van der Waals surface area contributed by atoms with E-state index in [0.717, 1.165) is 11.6 Å². The Hall–Kier alpha value is -2.86. The molecule has 1 heterocycles. The third-order valence-electron chi connectivity index (χ3n) is 4.66. The van der Waals surface area contributed by atoms with Crippen molar-refractivity contribution < 1.29 is 14.3 Å². The van der Waals surface area contributed by atoms with Gasteiger partial charge in [-0.1, -0.05) is 63.2 Å². The summed E-state index contributed by atoms with van der Waals surface area (Å²) in [7, 11) is 3.46. The minimum Gasteiger partial charge on any atom is -0.452 e. The van der Waals surface area contributed by atoms with Gasteiger partial charge < -0.3 is 9.47 Å². The first-order valence-corrected chi connectivity index (χ1v) is 10.3. The quantitative estimate of drug-likeness (QED) is 0.190. The van der Waals surface area contributed by atoms with E-state index in [-0.39, 0.29) is 5.41 Å². The molecule has 1 atom stereocenters. The number of ether oxygens (including phenoxy) is 2. The fraction of sp³-hybridized carbons (Fsp3) is 0.375. The van der Waals surface area contributed by atoms with Gasteiger partial charge in [0.15, 0.2) is 5.76 Å². The fourth-order valence-electron chi connectivity index (χ4n) is 3.07. The van der Waals surface area contributed by atoms with Crippen molar-refractivity contribution in [3.05, 3.63) is 64.5 Å². The van der Waals surface area contributed by atoms with Crippen LogP contribution in [-0.2, 0) is 26.7 Å². The van der Waals surface area contributed by atoms with Crippen molar-refractivity contribution in [1.29, 1.82) is 0 Å². The van der Waals surface area contributed by atoms with Crippen LogP contribution in [0.4, 0.5) is 0 Å². The number of nitrogens with zero attached hydrogens (tertiary/aromatic N) is 3. The summed E-state index contributed by atoms with van der Waals surface area (Å²) >= 11 is 6.58. The molecule has 0 aliphatic rings. The number of aromatic nitrogens is 2. The number of halogens is 1. The molecule has 2 rings (SSSR count). The lowest BCUT2D eigenvalue weighted by molar-refractivity contribution is -0.157. The minimum atomic E-state index is -0.888. The lowest BCUT2D eigenvalue weighted by Gasteiger charge is -2.21. The van der Waals surface area contributed by atoms with E-state index < -0.39 is 12.3 Å². The smallest absolute Gasteiger partial charge is 0.333 e. The molecule has 1 unspecified atom stereocenters. The highest BCUT2D eigenvalue weighted by Gasteiger charge is 2.24. The van der Waals surface area contributed by atoms with E-state index >= 15 is 0 Å². The molecule has 2 aromatic rings. The van der Waals surface area contributed by atoms with Crippen LogP contribution in [-0.4, -0.2) is 35.3 Å². The van der Waals surface area contributed by atoms with Crippen LogP contribution < -0.4 is 0 Å². The van der Waals surface area contributed by atoms with Gasteiger partial charge in [0.05, 0.1) is 10.7 Å². The van der Waals surface area contributed by atoms with E-state index in [1.54, 1.807) is 31.9 Å². The molecule has 0 radical (unpaired) electrons. The topological polar surface area (TPSA) is 65.7 Å². The summed E-state index contributed by atoms with van der Waals surface area (Å²) in [5, 5.41) is 4.85. The van der Waals surface area contributed by atoms with Crippen LogP contribution >= 0.6 is 11.6 Å². The predicted octanol–water partition coefficient (Wildman–Crippen LogP) is 5.34. The summed E-state index contributed by atoms with van der Waals surface area (Å²) in [4.78, 5) is 15.9. The van der Waals surface area contributed by atoms with Gasteiger partial charge in [-0.2, -0.15) is 5.10 Å². The predicted molar refractivity (Wildman–Crippen MR) is 126 cm³/mol. The first kappa shape index (κ1) is 24.4. The van der Waals surface area contributed by atoms with E-state index in [9.17, 15) is 4.79 Å². The monoisotopic (exact) mass is 443 g/mol. The average molecular weight is 444 g/mol. The van der Waals surface area contributed by atoms with Crippen LogP contribution in [0.15, 0.2) is 41.9 Å². The van der Waals surface area contributed by atoms with Gasteiger partial charge in [0.2, 0.25) is 6.29 Å². The number of hydrogen-bond acceptors (Lipinski definition) is 5. The highest BCUT2D eigenvalue weighted by Crippen LogP contribution is 2.34. The molecular weight excluding hydrogens is 414 g/mol. The molecule has 7 heteroatoms. The van der Waals surface area contributed by atoms with Crippen molar-refractivity contribution in [2.75, 3.05) is 7.05 Å². The Morgan fingerprint density at radius 2 is 1.87 bits per heavy atom. The Balaban J connectivity index is 2.70. The Bertz CT molecular complexity index is 1010. The van der Waals surface area contributed by atoms with Gasteiger partial charge in [-0.15, -0.1) is 0 Å². The van der Waals surface area contributed by atoms with E-state index in [4.69, 9.17) is 21.1 Å². The van der Waals surface area contributed by atoms with Crippen molar-refractivity contribution in [1.82, 2.24) is 9.78 Å². The molecule has 0 fully saturated rings. The van der Waals surface area contributed by atoms with Crippen LogP contribution in [0.5, 0.6) is 0 Å². The van der Waals surface area contributed by atoms with Crippen molar-refractivity contribution in [2.45, 2.75) is 46.3 Å². The normalized spacial score (nSPS) is 13.7. The van der Waals surface area contributed by atoms with E-state index in [1.807, 2.05) is 19.1 Å².